The second-order valence-corrected chi connectivity index (χ2v) is 7.59. The zero-order valence-corrected chi connectivity index (χ0v) is 15.5. The van der Waals surface area contributed by atoms with Gasteiger partial charge in [0.15, 0.2) is 11.5 Å². The molecule has 1 aliphatic carbocycles. The van der Waals surface area contributed by atoms with Gasteiger partial charge in [-0.1, -0.05) is 5.16 Å². The molecule has 3 aromatic heterocycles. The highest BCUT2D eigenvalue weighted by Gasteiger charge is 2.32. The third-order valence-corrected chi connectivity index (χ3v) is 5.66. The number of piperidine rings is 1. The van der Waals surface area contributed by atoms with E-state index in [1.165, 1.54) is 12.8 Å². The van der Waals surface area contributed by atoms with Crippen molar-refractivity contribution < 1.29 is 4.52 Å². The largest absolute Gasteiger partial charge is 0.356 e. The van der Waals surface area contributed by atoms with Crippen molar-refractivity contribution in [3.8, 4) is 0 Å². The average molecular weight is 404 g/mol. The van der Waals surface area contributed by atoms with E-state index in [0.717, 1.165) is 59.1 Å². The summed E-state index contributed by atoms with van der Waals surface area (Å²) in [6.45, 7) is 1.82. The smallest absolute Gasteiger partial charge is 0.229 e. The minimum atomic E-state index is 0.363. The molecule has 9 heteroatoms. The van der Waals surface area contributed by atoms with Crippen LogP contribution in [0.25, 0.3) is 11.0 Å². The highest BCUT2D eigenvalue weighted by atomic mass is 79.9. The Morgan fingerprint density at radius 3 is 2.68 bits per heavy atom. The topological polar surface area (TPSA) is 85.8 Å². The Bertz CT molecular complexity index is 924. The first-order valence-electron chi connectivity index (χ1n) is 8.62. The van der Waals surface area contributed by atoms with Crippen molar-refractivity contribution >= 4 is 32.8 Å². The second-order valence-electron chi connectivity index (χ2n) is 6.84. The Balaban J connectivity index is 1.36. The second kappa shape index (κ2) is 5.76. The first-order chi connectivity index (χ1) is 12.2. The summed E-state index contributed by atoms with van der Waals surface area (Å²) in [6, 6.07) is 0. The third-order valence-electron chi connectivity index (χ3n) is 5.10. The Hall–Kier alpha value is -2.03. The Labute approximate surface area is 152 Å². The maximum absolute atomic E-state index is 5.42. The van der Waals surface area contributed by atoms with E-state index < -0.39 is 0 Å². The van der Waals surface area contributed by atoms with Crippen LogP contribution in [0.5, 0.6) is 0 Å². The highest BCUT2D eigenvalue weighted by Crippen LogP contribution is 2.40. The predicted molar refractivity (Wildman–Crippen MR) is 94.5 cm³/mol. The van der Waals surface area contributed by atoms with Crippen LogP contribution in [0.1, 0.15) is 49.2 Å². The lowest BCUT2D eigenvalue weighted by molar-refractivity contribution is 0.365. The van der Waals surface area contributed by atoms with Crippen LogP contribution in [-0.2, 0) is 7.05 Å². The van der Waals surface area contributed by atoms with Gasteiger partial charge in [-0.25, -0.2) is 14.6 Å². The number of nitrogens with zero attached hydrogens (tertiary/aromatic N) is 7. The summed E-state index contributed by atoms with van der Waals surface area (Å²) in [7, 11) is 1.89. The van der Waals surface area contributed by atoms with E-state index in [1.54, 1.807) is 11.0 Å². The van der Waals surface area contributed by atoms with Gasteiger partial charge in [-0.15, -0.1) is 0 Å². The van der Waals surface area contributed by atoms with Crippen LogP contribution in [0.3, 0.4) is 0 Å². The minimum Gasteiger partial charge on any atom is -0.356 e. The van der Waals surface area contributed by atoms with Crippen molar-refractivity contribution in [3.63, 3.8) is 0 Å². The summed E-state index contributed by atoms with van der Waals surface area (Å²) in [5.41, 5.74) is 0.839. The molecule has 0 aromatic carbocycles. The quantitative estimate of drug-likeness (QED) is 0.664. The molecule has 0 atom stereocenters. The molecule has 1 aliphatic heterocycles. The Morgan fingerprint density at radius 2 is 1.92 bits per heavy atom. The van der Waals surface area contributed by atoms with E-state index in [0.29, 0.717) is 11.8 Å². The first kappa shape index (κ1) is 15.2. The van der Waals surface area contributed by atoms with Crippen LogP contribution < -0.4 is 4.90 Å². The van der Waals surface area contributed by atoms with Gasteiger partial charge in [-0.05, 0) is 41.6 Å². The fourth-order valence-corrected chi connectivity index (χ4v) is 4.12. The molecule has 2 fully saturated rings. The minimum absolute atomic E-state index is 0.363. The molecule has 25 heavy (non-hydrogen) atoms. The molecular weight excluding hydrogens is 386 g/mol. The molecule has 130 valence electrons. The Kier molecular flexibility index (Phi) is 3.51. The molecule has 0 radical (unpaired) electrons. The van der Waals surface area contributed by atoms with E-state index in [-0.39, 0.29) is 0 Å². The molecule has 0 amide bonds. The maximum Gasteiger partial charge on any atom is 0.229 e. The van der Waals surface area contributed by atoms with Crippen molar-refractivity contribution in [2.45, 2.75) is 37.5 Å². The fraction of sp³-hybridized carbons (Fsp3) is 0.562. The monoisotopic (exact) mass is 403 g/mol. The lowest BCUT2D eigenvalue weighted by Crippen LogP contribution is -2.34. The summed E-state index contributed by atoms with van der Waals surface area (Å²) >= 11 is 3.53. The number of hydrogen-bond donors (Lipinski definition) is 0. The van der Waals surface area contributed by atoms with Crippen molar-refractivity contribution in [2.75, 3.05) is 18.0 Å². The standard InChI is InChI=1S/C16H18BrN7O/c1-23-14-11(12(17)21-23)15(19-8-18-14)24-6-4-9(5-7-24)13-20-16(25-22-13)10-2-3-10/h8-10H,2-7H2,1H3. The van der Waals surface area contributed by atoms with Crippen molar-refractivity contribution in [1.29, 1.82) is 0 Å². The summed E-state index contributed by atoms with van der Waals surface area (Å²) in [4.78, 5) is 15.8. The van der Waals surface area contributed by atoms with Gasteiger partial charge < -0.3 is 9.42 Å². The molecule has 8 nitrogen and oxygen atoms in total. The third kappa shape index (κ3) is 2.61. The van der Waals surface area contributed by atoms with Gasteiger partial charge in [0.2, 0.25) is 5.89 Å². The van der Waals surface area contributed by atoms with Crippen LogP contribution in [0, 0.1) is 0 Å². The summed E-state index contributed by atoms with van der Waals surface area (Å²) in [5, 5.41) is 9.59. The number of fused-ring (bicyclic) bond motifs is 1. The molecule has 0 unspecified atom stereocenters. The maximum atomic E-state index is 5.42. The number of aryl methyl sites for hydroxylation is 1. The van der Waals surface area contributed by atoms with Crippen molar-refractivity contribution in [3.05, 3.63) is 22.6 Å². The van der Waals surface area contributed by atoms with Crippen molar-refractivity contribution in [1.82, 2.24) is 29.9 Å². The number of aromatic nitrogens is 6. The number of anilines is 1. The fourth-order valence-electron chi connectivity index (χ4n) is 3.52. The van der Waals surface area contributed by atoms with Gasteiger partial charge in [-0.2, -0.15) is 10.1 Å². The number of halogens is 1. The first-order valence-corrected chi connectivity index (χ1v) is 9.41. The van der Waals surface area contributed by atoms with Gasteiger partial charge in [0.1, 0.15) is 16.7 Å². The van der Waals surface area contributed by atoms with Crippen molar-refractivity contribution in [2.24, 2.45) is 7.05 Å². The SMILES string of the molecule is Cn1nc(Br)c2c(N3CCC(c4noc(C5CC5)n4)CC3)ncnc21. The molecule has 5 rings (SSSR count). The molecule has 0 spiro atoms. The lowest BCUT2D eigenvalue weighted by atomic mass is 9.96. The van der Waals surface area contributed by atoms with Gasteiger partial charge in [-0.3, -0.25) is 0 Å². The molecule has 0 N–H and O–H groups in total. The molecular formula is C16H18BrN7O. The summed E-state index contributed by atoms with van der Waals surface area (Å²) < 4.78 is 7.98. The van der Waals surface area contributed by atoms with Crippen LogP contribution in [0.4, 0.5) is 5.82 Å². The zero-order valence-electron chi connectivity index (χ0n) is 13.9. The number of hydrogen-bond acceptors (Lipinski definition) is 7. The van der Waals surface area contributed by atoms with Crippen LogP contribution in [0.2, 0.25) is 0 Å². The molecule has 3 aromatic rings. The van der Waals surface area contributed by atoms with E-state index in [9.17, 15) is 0 Å². The summed E-state index contributed by atoms with van der Waals surface area (Å²) in [5.74, 6) is 3.52. The molecule has 4 heterocycles. The van der Waals surface area contributed by atoms with Crippen LogP contribution in [-0.4, -0.2) is 43.0 Å². The van der Waals surface area contributed by atoms with E-state index in [2.05, 4.69) is 46.0 Å². The predicted octanol–water partition coefficient (Wildman–Crippen LogP) is 2.77. The van der Waals surface area contributed by atoms with Crippen LogP contribution in [0.15, 0.2) is 15.5 Å². The summed E-state index contributed by atoms with van der Waals surface area (Å²) in [6.07, 6.45) is 5.96. The molecule has 1 saturated carbocycles. The van der Waals surface area contributed by atoms with Gasteiger partial charge in [0.25, 0.3) is 0 Å². The highest BCUT2D eigenvalue weighted by molar-refractivity contribution is 9.10. The van der Waals surface area contributed by atoms with Gasteiger partial charge >= 0.3 is 0 Å². The normalized spacial score (nSPS) is 19.0. The molecule has 2 aliphatic rings. The number of rotatable bonds is 3. The Morgan fingerprint density at radius 1 is 1.12 bits per heavy atom. The zero-order chi connectivity index (χ0) is 17.0. The van der Waals surface area contributed by atoms with Gasteiger partial charge in [0, 0.05) is 32.0 Å². The average Bonchev–Trinajstić information content (AvgIpc) is 3.30. The van der Waals surface area contributed by atoms with Crippen LogP contribution >= 0.6 is 15.9 Å². The van der Waals surface area contributed by atoms with E-state index in [1.807, 2.05) is 7.05 Å². The van der Waals surface area contributed by atoms with E-state index >= 15 is 0 Å². The molecule has 0 bridgehead atoms. The van der Waals surface area contributed by atoms with E-state index in [4.69, 9.17) is 4.52 Å². The molecule has 1 saturated heterocycles. The van der Waals surface area contributed by atoms with Gasteiger partial charge in [0.05, 0.1) is 5.39 Å². The lowest BCUT2D eigenvalue weighted by Gasteiger charge is -2.31.